The second-order valence-electron chi connectivity index (χ2n) is 8.85. The zero-order valence-electron chi connectivity index (χ0n) is 19.3. The van der Waals surface area contributed by atoms with Gasteiger partial charge in [0.2, 0.25) is 5.91 Å². The van der Waals surface area contributed by atoms with E-state index in [-0.39, 0.29) is 22.6 Å². The lowest BCUT2D eigenvalue weighted by Crippen LogP contribution is -2.21. The fourth-order valence-electron chi connectivity index (χ4n) is 3.16. The maximum atomic E-state index is 12.7. The van der Waals surface area contributed by atoms with E-state index < -0.39 is 10.0 Å². The van der Waals surface area contributed by atoms with Crippen LogP contribution in [0, 0.1) is 0 Å². The van der Waals surface area contributed by atoms with Gasteiger partial charge in [-0.15, -0.1) is 0 Å². The Kier molecular flexibility index (Phi) is 7.33. The molecule has 0 atom stereocenters. The summed E-state index contributed by atoms with van der Waals surface area (Å²) in [5.74, 6) is -0.206. The predicted octanol–water partition coefficient (Wildman–Crippen LogP) is 4.87. The van der Waals surface area contributed by atoms with E-state index in [1.165, 1.54) is 0 Å². The van der Waals surface area contributed by atoms with Crippen LogP contribution in [0.3, 0.4) is 0 Å². The fourth-order valence-corrected chi connectivity index (χ4v) is 4.22. The summed E-state index contributed by atoms with van der Waals surface area (Å²) < 4.78 is 28.1. The first-order valence-corrected chi connectivity index (χ1v) is 12.1. The van der Waals surface area contributed by atoms with E-state index in [2.05, 4.69) is 36.0 Å². The summed E-state index contributed by atoms with van der Waals surface area (Å²) in [7, 11) is -3.70. The number of sulfonamides is 1. The molecule has 0 aliphatic rings. The number of carbonyl (C=O) groups excluding carboxylic acids is 1. The van der Waals surface area contributed by atoms with E-state index >= 15 is 0 Å². The molecular formula is C26H29N3O3S. The Bertz CT molecular complexity index is 1230. The Morgan fingerprint density at radius 3 is 2.06 bits per heavy atom. The van der Waals surface area contributed by atoms with Crippen LogP contribution in [0.5, 0.6) is 0 Å². The molecule has 3 rings (SSSR count). The van der Waals surface area contributed by atoms with Gasteiger partial charge >= 0.3 is 0 Å². The Labute approximate surface area is 195 Å². The number of hydrazone groups is 1. The minimum atomic E-state index is -3.70. The van der Waals surface area contributed by atoms with Crippen molar-refractivity contribution < 1.29 is 13.2 Å². The first-order valence-electron chi connectivity index (χ1n) is 10.7. The third-order valence-corrected chi connectivity index (χ3v) is 6.54. The molecule has 7 heteroatoms. The molecule has 1 amide bonds. The monoisotopic (exact) mass is 463 g/mol. The molecule has 0 heterocycles. The molecule has 0 saturated heterocycles. The summed E-state index contributed by atoms with van der Waals surface area (Å²) in [5.41, 5.74) is 6.31. The Balaban J connectivity index is 1.63. The molecule has 0 saturated carbocycles. The summed E-state index contributed by atoms with van der Waals surface area (Å²) in [6.07, 6.45) is 0.245. The van der Waals surface area contributed by atoms with Gasteiger partial charge in [-0.05, 0) is 53.3 Å². The number of hydrogen-bond acceptors (Lipinski definition) is 4. The lowest BCUT2D eigenvalue weighted by molar-refractivity contribution is -0.120. The average Bonchev–Trinajstić information content (AvgIpc) is 2.78. The standard InChI is InChI=1S/C26H29N3O3S/c1-19(27-28-25(30)18-20-8-6-5-7-9-20)21-10-14-23(15-11-21)29-33(31,32)24-16-12-22(13-17-24)26(2,3)4/h5-17,29H,18H2,1-4H3,(H,28,30). The molecule has 0 unspecified atom stereocenters. The van der Waals surface area contributed by atoms with Crippen molar-refractivity contribution in [3.8, 4) is 0 Å². The van der Waals surface area contributed by atoms with Crippen molar-refractivity contribution in [2.75, 3.05) is 4.72 Å². The van der Waals surface area contributed by atoms with Crippen LogP contribution in [0.15, 0.2) is 88.9 Å². The summed E-state index contributed by atoms with van der Waals surface area (Å²) in [5, 5.41) is 4.15. The van der Waals surface area contributed by atoms with E-state index in [4.69, 9.17) is 0 Å². The van der Waals surface area contributed by atoms with Crippen molar-refractivity contribution in [2.24, 2.45) is 5.10 Å². The van der Waals surface area contributed by atoms with Crippen molar-refractivity contribution in [2.45, 2.75) is 44.4 Å². The van der Waals surface area contributed by atoms with Crippen LogP contribution >= 0.6 is 0 Å². The fraction of sp³-hybridized carbons (Fsp3) is 0.231. The topological polar surface area (TPSA) is 87.6 Å². The highest BCUT2D eigenvalue weighted by molar-refractivity contribution is 7.92. The Hall–Kier alpha value is -3.45. The van der Waals surface area contributed by atoms with Gasteiger partial charge in [0.25, 0.3) is 10.0 Å². The summed E-state index contributed by atoms with van der Waals surface area (Å²) in [4.78, 5) is 12.3. The molecule has 2 N–H and O–H groups in total. The number of amides is 1. The highest BCUT2D eigenvalue weighted by Crippen LogP contribution is 2.24. The van der Waals surface area contributed by atoms with E-state index in [9.17, 15) is 13.2 Å². The smallest absolute Gasteiger partial charge is 0.261 e. The molecule has 0 spiro atoms. The quantitative estimate of drug-likeness (QED) is 0.387. The minimum Gasteiger partial charge on any atom is -0.280 e. The maximum absolute atomic E-state index is 12.7. The van der Waals surface area contributed by atoms with Gasteiger partial charge in [0, 0.05) is 5.69 Å². The zero-order valence-corrected chi connectivity index (χ0v) is 20.1. The van der Waals surface area contributed by atoms with Gasteiger partial charge in [0.05, 0.1) is 17.0 Å². The number of nitrogens with zero attached hydrogens (tertiary/aromatic N) is 1. The van der Waals surface area contributed by atoms with Crippen LogP contribution < -0.4 is 10.1 Å². The number of carbonyl (C=O) groups is 1. The van der Waals surface area contributed by atoms with Crippen molar-refractivity contribution in [1.82, 2.24) is 5.43 Å². The molecule has 3 aromatic rings. The van der Waals surface area contributed by atoms with Crippen LogP contribution in [0.4, 0.5) is 5.69 Å². The van der Waals surface area contributed by atoms with Crippen LogP contribution in [-0.4, -0.2) is 20.0 Å². The third-order valence-electron chi connectivity index (χ3n) is 5.14. The lowest BCUT2D eigenvalue weighted by atomic mass is 9.87. The molecule has 0 aliphatic carbocycles. The molecular weight excluding hydrogens is 434 g/mol. The van der Waals surface area contributed by atoms with Gasteiger partial charge in [-0.3, -0.25) is 9.52 Å². The van der Waals surface area contributed by atoms with Gasteiger partial charge in [0.1, 0.15) is 0 Å². The molecule has 0 radical (unpaired) electrons. The van der Waals surface area contributed by atoms with Crippen molar-refractivity contribution in [3.63, 3.8) is 0 Å². The number of nitrogens with one attached hydrogen (secondary N) is 2. The van der Waals surface area contributed by atoms with E-state index in [0.29, 0.717) is 11.4 Å². The zero-order chi connectivity index (χ0) is 24.1. The number of benzene rings is 3. The first-order chi connectivity index (χ1) is 15.5. The lowest BCUT2D eigenvalue weighted by Gasteiger charge is -2.19. The maximum Gasteiger partial charge on any atom is 0.261 e. The summed E-state index contributed by atoms with van der Waals surface area (Å²) in [6.45, 7) is 8.02. The largest absolute Gasteiger partial charge is 0.280 e. The van der Waals surface area contributed by atoms with Crippen molar-refractivity contribution in [1.29, 1.82) is 0 Å². The van der Waals surface area contributed by atoms with Crippen molar-refractivity contribution >= 4 is 27.3 Å². The summed E-state index contributed by atoms with van der Waals surface area (Å²) >= 11 is 0. The minimum absolute atomic E-state index is 0.0496. The Morgan fingerprint density at radius 2 is 1.48 bits per heavy atom. The third kappa shape index (κ3) is 6.76. The van der Waals surface area contributed by atoms with Crippen LogP contribution in [0.2, 0.25) is 0 Å². The van der Waals surface area contributed by atoms with Crippen LogP contribution in [-0.2, 0) is 26.7 Å². The molecule has 0 fully saturated rings. The average molecular weight is 464 g/mol. The number of rotatable bonds is 7. The van der Waals surface area contributed by atoms with Gasteiger partial charge in [-0.2, -0.15) is 5.10 Å². The Morgan fingerprint density at radius 1 is 0.879 bits per heavy atom. The molecule has 0 bridgehead atoms. The second kappa shape index (κ2) is 10.0. The van der Waals surface area contributed by atoms with E-state index in [0.717, 1.165) is 16.7 Å². The van der Waals surface area contributed by atoms with Crippen LogP contribution in [0.1, 0.15) is 44.4 Å². The van der Waals surface area contributed by atoms with Gasteiger partial charge in [0.15, 0.2) is 0 Å². The van der Waals surface area contributed by atoms with E-state index in [1.54, 1.807) is 43.3 Å². The van der Waals surface area contributed by atoms with E-state index in [1.807, 2.05) is 42.5 Å². The molecule has 33 heavy (non-hydrogen) atoms. The van der Waals surface area contributed by atoms with Gasteiger partial charge < -0.3 is 0 Å². The molecule has 3 aromatic carbocycles. The number of anilines is 1. The first kappa shape index (κ1) is 24.2. The second-order valence-corrected chi connectivity index (χ2v) is 10.5. The van der Waals surface area contributed by atoms with Gasteiger partial charge in [-0.1, -0.05) is 75.4 Å². The molecule has 0 aromatic heterocycles. The molecule has 6 nitrogen and oxygen atoms in total. The highest BCUT2D eigenvalue weighted by Gasteiger charge is 2.17. The normalized spacial score (nSPS) is 12.3. The van der Waals surface area contributed by atoms with Crippen LogP contribution in [0.25, 0.3) is 0 Å². The van der Waals surface area contributed by atoms with Gasteiger partial charge in [-0.25, -0.2) is 13.8 Å². The molecule has 172 valence electrons. The predicted molar refractivity (Wildman–Crippen MR) is 133 cm³/mol. The van der Waals surface area contributed by atoms with Crippen molar-refractivity contribution in [3.05, 3.63) is 95.6 Å². The highest BCUT2D eigenvalue weighted by atomic mass is 32.2. The number of hydrogen-bond donors (Lipinski definition) is 2. The summed E-state index contributed by atoms with van der Waals surface area (Å²) in [6, 6.07) is 23.2. The SMILES string of the molecule is CC(=NNC(=O)Cc1ccccc1)c1ccc(NS(=O)(=O)c2ccc(C(C)(C)C)cc2)cc1. The molecule has 0 aliphatic heterocycles.